The van der Waals surface area contributed by atoms with Gasteiger partial charge < -0.3 is 15.6 Å². The van der Waals surface area contributed by atoms with Crippen LogP contribution in [0.5, 0.6) is 0 Å². The maximum absolute atomic E-state index is 12.3. The second-order valence-corrected chi connectivity index (χ2v) is 6.49. The molecule has 3 N–H and O–H groups in total. The van der Waals surface area contributed by atoms with Crippen molar-refractivity contribution in [1.82, 2.24) is 20.6 Å². The SMILES string of the molecule is C[C@H](NC(=O)c1cccs1)C(=O)N[C@@H](C)c1nc2ccccc2[nH]1. The molecule has 2 amide bonds. The van der Waals surface area contributed by atoms with Crippen molar-refractivity contribution >= 4 is 34.2 Å². The Labute approximate surface area is 143 Å². The summed E-state index contributed by atoms with van der Waals surface area (Å²) in [5, 5.41) is 7.38. The summed E-state index contributed by atoms with van der Waals surface area (Å²) in [6.45, 7) is 3.51. The molecule has 0 spiro atoms. The number of nitrogens with one attached hydrogen (secondary N) is 3. The lowest BCUT2D eigenvalue weighted by Gasteiger charge is -2.17. The summed E-state index contributed by atoms with van der Waals surface area (Å²) in [4.78, 5) is 32.5. The van der Waals surface area contributed by atoms with Crippen LogP contribution >= 0.6 is 11.3 Å². The summed E-state index contributed by atoms with van der Waals surface area (Å²) in [5.41, 5.74) is 1.78. The minimum absolute atomic E-state index is 0.246. The third kappa shape index (κ3) is 3.46. The van der Waals surface area contributed by atoms with Crippen molar-refractivity contribution in [2.24, 2.45) is 0 Å². The highest BCUT2D eigenvalue weighted by atomic mass is 32.1. The quantitative estimate of drug-likeness (QED) is 0.666. The zero-order chi connectivity index (χ0) is 17.1. The Balaban J connectivity index is 1.61. The summed E-state index contributed by atoms with van der Waals surface area (Å²) < 4.78 is 0. The van der Waals surface area contributed by atoms with Gasteiger partial charge in [-0.2, -0.15) is 0 Å². The first kappa shape index (κ1) is 16.2. The van der Waals surface area contributed by atoms with Crippen molar-refractivity contribution in [3.63, 3.8) is 0 Å². The van der Waals surface area contributed by atoms with Gasteiger partial charge in [0.25, 0.3) is 5.91 Å². The highest BCUT2D eigenvalue weighted by Gasteiger charge is 2.20. The van der Waals surface area contributed by atoms with Gasteiger partial charge in [0, 0.05) is 0 Å². The topological polar surface area (TPSA) is 86.9 Å². The van der Waals surface area contributed by atoms with E-state index >= 15 is 0 Å². The van der Waals surface area contributed by atoms with E-state index in [1.807, 2.05) is 36.6 Å². The second kappa shape index (κ2) is 6.84. The molecular formula is C17H18N4O2S. The van der Waals surface area contributed by atoms with Crippen molar-refractivity contribution in [2.75, 3.05) is 0 Å². The number of hydrogen-bond acceptors (Lipinski definition) is 4. The number of para-hydroxylation sites is 2. The predicted octanol–water partition coefficient (Wildman–Crippen LogP) is 2.62. The van der Waals surface area contributed by atoms with E-state index in [-0.39, 0.29) is 17.9 Å². The van der Waals surface area contributed by atoms with Crippen molar-refractivity contribution in [3.8, 4) is 0 Å². The standard InChI is InChI=1S/C17H18N4O2S/c1-10(15-20-12-6-3-4-7-13(12)21-15)18-16(22)11(2)19-17(23)14-8-5-9-24-14/h3-11H,1-2H3,(H,18,22)(H,19,23)(H,20,21)/t10-,11-/m0/s1. The molecular weight excluding hydrogens is 324 g/mol. The molecule has 0 radical (unpaired) electrons. The molecule has 2 aromatic heterocycles. The Morgan fingerprint density at radius 3 is 2.62 bits per heavy atom. The van der Waals surface area contributed by atoms with Crippen molar-refractivity contribution in [3.05, 3.63) is 52.5 Å². The molecule has 3 rings (SSSR count). The van der Waals surface area contributed by atoms with E-state index in [0.717, 1.165) is 11.0 Å². The number of aromatic nitrogens is 2. The van der Waals surface area contributed by atoms with Crippen LogP contribution in [0.25, 0.3) is 11.0 Å². The number of hydrogen-bond donors (Lipinski definition) is 3. The van der Waals surface area contributed by atoms with Gasteiger partial charge in [0.15, 0.2) is 0 Å². The van der Waals surface area contributed by atoms with Crippen molar-refractivity contribution in [1.29, 1.82) is 0 Å². The minimum Gasteiger partial charge on any atom is -0.345 e. The van der Waals surface area contributed by atoms with Crippen LogP contribution in [0.2, 0.25) is 0 Å². The minimum atomic E-state index is -0.633. The van der Waals surface area contributed by atoms with Crippen LogP contribution in [-0.4, -0.2) is 27.8 Å². The summed E-state index contributed by atoms with van der Waals surface area (Å²) in [7, 11) is 0. The van der Waals surface area contributed by atoms with Gasteiger partial charge >= 0.3 is 0 Å². The molecule has 24 heavy (non-hydrogen) atoms. The van der Waals surface area contributed by atoms with E-state index in [1.165, 1.54) is 11.3 Å². The number of H-pyrrole nitrogens is 1. The van der Waals surface area contributed by atoms with Gasteiger partial charge in [-0.1, -0.05) is 18.2 Å². The van der Waals surface area contributed by atoms with Crippen LogP contribution in [0.3, 0.4) is 0 Å². The molecule has 2 heterocycles. The molecule has 0 fully saturated rings. The Hall–Kier alpha value is -2.67. The molecule has 6 nitrogen and oxygen atoms in total. The lowest BCUT2D eigenvalue weighted by molar-refractivity contribution is -0.123. The molecule has 0 saturated heterocycles. The third-order valence-electron chi connectivity index (χ3n) is 3.66. The molecule has 2 atom stereocenters. The highest BCUT2D eigenvalue weighted by Crippen LogP contribution is 2.15. The van der Waals surface area contributed by atoms with Crippen LogP contribution in [0.1, 0.15) is 35.4 Å². The van der Waals surface area contributed by atoms with E-state index in [4.69, 9.17) is 0 Å². The number of nitrogens with zero attached hydrogens (tertiary/aromatic N) is 1. The van der Waals surface area contributed by atoms with Crippen LogP contribution in [0.4, 0.5) is 0 Å². The Morgan fingerprint density at radius 2 is 1.92 bits per heavy atom. The number of fused-ring (bicyclic) bond motifs is 1. The third-order valence-corrected chi connectivity index (χ3v) is 4.53. The zero-order valence-corrected chi connectivity index (χ0v) is 14.2. The van der Waals surface area contributed by atoms with Gasteiger partial charge in [0.1, 0.15) is 11.9 Å². The fraction of sp³-hybridized carbons (Fsp3) is 0.235. The maximum atomic E-state index is 12.3. The number of benzene rings is 1. The van der Waals surface area contributed by atoms with E-state index in [9.17, 15) is 9.59 Å². The first-order valence-electron chi connectivity index (χ1n) is 7.64. The normalized spacial score (nSPS) is 13.4. The Bertz CT molecular complexity index is 823. The lowest BCUT2D eigenvalue weighted by Crippen LogP contribution is -2.45. The molecule has 3 aromatic rings. The van der Waals surface area contributed by atoms with E-state index in [1.54, 1.807) is 19.1 Å². The van der Waals surface area contributed by atoms with Crippen molar-refractivity contribution in [2.45, 2.75) is 25.9 Å². The zero-order valence-electron chi connectivity index (χ0n) is 13.4. The van der Waals surface area contributed by atoms with Gasteiger partial charge in [0.05, 0.1) is 22.0 Å². The summed E-state index contributed by atoms with van der Waals surface area (Å²) in [6, 6.07) is 10.3. The average Bonchev–Trinajstić information content (AvgIpc) is 3.23. The van der Waals surface area contributed by atoms with Gasteiger partial charge in [0.2, 0.25) is 5.91 Å². The molecule has 0 aliphatic heterocycles. The summed E-state index contributed by atoms with van der Waals surface area (Å²) >= 11 is 1.34. The fourth-order valence-corrected chi connectivity index (χ4v) is 2.95. The molecule has 0 bridgehead atoms. The first-order chi connectivity index (χ1) is 11.5. The van der Waals surface area contributed by atoms with Crippen LogP contribution < -0.4 is 10.6 Å². The van der Waals surface area contributed by atoms with E-state index in [2.05, 4.69) is 20.6 Å². The number of aromatic amines is 1. The van der Waals surface area contributed by atoms with Crippen LogP contribution in [0, 0.1) is 0 Å². The van der Waals surface area contributed by atoms with Gasteiger partial charge in [-0.25, -0.2) is 4.98 Å². The van der Waals surface area contributed by atoms with Gasteiger partial charge in [-0.3, -0.25) is 9.59 Å². The van der Waals surface area contributed by atoms with Crippen LogP contribution in [0.15, 0.2) is 41.8 Å². The molecule has 1 aromatic carbocycles. The average molecular weight is 342 g/mol. The number of rotatable bonds is 5. The van der Waals surface area contributed by atoms with Crippen molar-refractivity contribution < 1.29 is 9.59 Å². The first-order valence-corrected chi connectivity index (χ1v) is 8.52. The number of carbonyl (C=O) groups is 2. The smallest absolute Gasteiger partial charge is 0.261 e. The lowest BCUT2D eigenvalue weighted by atomic mass is 10.2. The van der Waals surface area contributed by atoms with E-state index < -0.39 is 6.04 Å². The largest absolute Gasteiger partial charge is 0.345 e. The predicted molar refractivity (Wildman–Crippen MR) is 93.9 cm³/mol. The Morgan fingerprint density at radius 1 is 1.12 bits per heavy atom. The fourth-order valence-electron chi connectivity index (χ4n) is 2.33. The number of imidazole rings is 1. The molecule has 7 heteroatoms. The van der Waals surface area contributed by atoms with Crippen LogP contribution in [-0.2, 0) is 4.79 Å². The summed E-state index contributed by atoms with van der Waals surface area (Å²) in [6.07, 6.45) is 0. The number of carbonyl (C=O) groups excluding carboxylic acids is 2. The summed E-state index contributed by atoms with van der Waals surface area (Å²) in [5.74, 6) is 0.179. The highest BCUT2D eigenvalue weighted by molar-refractivity contribution is 7.12. The maximum Gasteiger partial charge on any atom is 0.261 e. The Kier molecular flexibility index (Phi) is 4.61. The number of thiophene rings is 1. The van der Waals surface area contributed by atoms with Gasteiger partial charge in [-0.05, 0) is 37.4 Å². The molecule has 124 valence electrons. The molecule has 0 unspecified atom stereocenters. The molecule has 0 aliphatic carbocycles. The second-order valence-electron chi connectivity index (χ2n) is 5.54. The molecule has 0 aliphatic rings. The van der Waals surface area contributed by atoms with E-state index in [0.29, 0.717) is 10.7 Å². The molecule has 0 saturated carbocycles. The van der Waals surface area contributed by atoms with Gasteiger partial charge in [-0.15, -0.1) is 11.3 Å². The monoisotopic (exact) mass is 342 g/mol. The number of amides is 2.